The summed E-state index contributed by atoms with van der Waals surface area (Å²) in [4.78, 5) is 17.0. The predicted octanol–water partition coefficient (Wildman–Crippen LogP) is 4.46. The number of rotatable bonds is 6. The highest BCUT2D eigenvalue weighted by molar-refractivity contribution is 5.96. The van der Waals surface area contributed by atoms with E-state index in [2.05, 4.69) is 4.98 Å². The first-order chi connectivity index (χ1) is 14.7. The Bertz CT molecular complexity index is 1090. The van der Waals surface area contributed by atoms with Crippen molar-refractivity contribution in [3.05, 3.63) is 65.1 Å². The summed E-state index contributed by atoms with van der Waals surface area (Å²) in [7, 11) is 3.25. The molecule has 0 radical (unpaired) electrons. The fraction of sp³-hybridized carbons (Fsp3) is 0.273. The lowest BCUT2D eigenvalue weighted by atomic mass is 10.0. The number of nitrogens with two attached hydrogens (primary N) is 1. The Balaban J connectivity index is 2.09. The first-order valence-electron chi connectivity index (χ1n) is 9.48. The number of esters is 1. The minimum atomic E-state index is -4.53. The summed E-state index contributed by atoms with van der Waals surface area (Å²) in [6.07, 6.45) is -4.14. The van der Waals surface area contributed by atoms with E-state index in [1.807, 2.05) is 12.1 Å². The van der Waals surface area contributed by atoms with Crippen molar-refractivity contribution < 1.29 is 27.4 Å². The molecule has 0 saturated heterocycles. The highest BCUT2D eigenvalue weighted by atomic mass is 19.4. The zero-order valence-electron chi connectivity index (χ0n) is 17.3. The summed E-state index contributed by atoms with van der Waals surface area (Å²) < 4.78 is 51.0. The van der Waals surface area contributed by atoms with Gasteiger partial charge in [-0.25, -0.2) is 9.78 Å². The summed E-state index contributed by atoms with van der Waals surface area (Å²) >= 11 is 0. The van der Waals surface area contributed by atoms with Crippen LogP contribution in [0.2, 0.25) is 0 Å². The monoisotopic (exact) mass is 433 g/mol. The summed E-state index contributed by atoms with van der Waals surface area (Å²) in [6.45, 7) is 1.79. The molecule has 1 heterocycles. The maximum Gasteiger partial charge on any atom is 0.416 e. The Morgan fingerprint density at radius 1 is 1.16 bits per heavy atom. The SMILES string of the molecule is CCOC(=O)c1nc(Cc2ccc(OC)cc2)n(C)c1-c1ccc(C(F)(F)F)cc1N. The second-order valence-corrected chi connectivity index (χ2v) is 6.83. The summed E-state index contributed by atoms with van der Waals surface area (Å²) in [5.74, 6) is 0.560. The lowest BCUT2D eigenvalue weighted by Gasteiger charge is -2.13. The third-order valence-electron chi connectivity index (χ3n) is 4.81. The maximum atomic E-state index is 13.0. The van der Waals surface area contributed by atoms with Gasteiger partial charge in [0.15, 0.2) is 5.69 Å². The third kappa shape index (κ3) is 4.65. The van der Waals surface area contributed by atoms with Gasteiger partial charge in [0.1, 0.15) is 11.6 Å². The second-order valence-electron chi connectivity index (χ2n) is 6.83. The third-order valence-corrected chi connectivity index (χ3v) is 4.81. The Labute approximate surface area is 177 Å². The zero-order valence-corrected chi connectivity index (χ0v) is 17.3. The van der Waals surface area contributed by atoms with Crippen LogP contribution in [0.3, 0.4) is 0 Å². The number of nitrogens with zero attached hydrogens (tertiary/aromatic N) is 2. The first-order valence-corrected chi connectivity index (χ1v) is 9.48. The zero-order chi connectivity index (χ0) is 22.8. The van der Waals surface area contributed by atoms with Gasteiger partial charge in [-0.15, -0.1) is 0 Å². The van der Waals surface area contributed by atoms with E-state index in [9.17, 15) is 18.0 Å². The summed E-state index contributed by atoms with van der Waals surface area (Å²) in [5, 5.41) is 0. The van der Waals surface area contributed by atoms with Gasteiger partial charge >= 0.3 is 12.1 Å². The van der Waals surface area contributed by atoms with Crippen LogP contribution in [0.1, 0.15) is 34.4 Å². The average molecular weight is 433 g/mol. The van der Waals surface area contributed by atoms with Crippen molar-refractivity contribution in [2.45, 2.75) is 19.5 Å². The minimum absolute atomic E-state index is 0.000629. The predicted molar refractivity (Wildman–Crippen MR) is 110 cm³/mol. The molecule has 9 heteroatoms. The van der Waals surface area contributed by atoms with E-state index in [-0.39, 0.29) is 23.6 Å². The largest absolute Gasteiger partial charge is 0.497 e. The van der Waals surface area contributed by atoms with Crippen LogP contribution in [0.5, 0.6) is 5.75 Å². The van der Waals surface area contributed by atoms with Crippen LogP contribution in [-0.4, -0.2) is 29.2 Å². The molecular formula is C22H22F3N3O3. The van der Waals surface area contributed by atoms with Gasteiger partial charge < -0.3 is 19.8 Å². The molecule has 0 saturated carbocycles. The number of hydrogen-bond donors (Lipinski definition) is 1. The highest BCUT2D eigenvalue weighted by Crippen LogP contribution is 2.36. The van der Waals surface area contributed by atoms with E-state index in [1.165, 1.54) is 6.07 Å². The van der Waals surface area contributed by atoms with Crippen molar-refractivity contribution in [2.24, 2.45) is 7.05 Å². The van der Waals surface area contributed by atoms with Gasteiger partial charge in [-0.3, -0.25) is 0 Å². The fourth-order valence-electron chi connectivity index (χ4n) is 3.23. The Hall–Kier alpha value is -3.49. The van der Waals surface area contributed by atoms with E-state index in [1.54, 1.807) is 37.8 Å². The molecule has 3 aromatic rings. The van der Waals surface area contributed by atoms with Crippen LogP contribution in [0.4, 0.5) is 18.9 Å². The highest BCUT2D eigenvalue weighted by Gasteiger charge is 2.32. The van der Waals surface area contributed by atoms with E-state index in [4.69, 9.17) is 15.2 Å². The Kier molecular flexibility index (Phi) is 6.24. The van der Waals surface area contributed by atoms with Crippen molar-refractivity contribution in [2.75, 3.05) is 19.5 Å². The van der Waals surface area contributed by atoms with Crippen LogP contribution in [0.15, 0.2) is 42.5 Å². The number of hydrogen-bond acceptors (Lipinski definition) is 5. The Morgan fingerprint density at radius 3 is 2.39 bits per heavy atom. The molecule has 164 valence electrons. The number of aromatic nitrogens is 2. The van der Waals surface area contributed by atoms with Crippen LogP contribution >= 0.6 is 0 Å². The molecule has 0 amide bonds. The number of anilines is 1. The quantitative estimate of drug-likeness (QED) is 0.459. The molecule has 2 N–H and O–H groups in total. The number of carbonyl (C=O) groups excluding carboxylic acids is 1. The standard InChI is InChI=1S/C22H22F3N3O3/c1-4-31-21(29)19-20(16-10-7-14(12-17(16)26)22(23,24)25)28(2)18(27-19)11-13-5-8-15(30-3)9-6-13/h5-10,12H,4,11,26H2,1-3H3. The molecule has 0 aliphatic heterocycles. The average Bonchev–Trinajstić information content (AvgIpc) is 3.04. The van der Waals surface area contributed by atoms with Gasteiger partial charge in [-0.05, 0) is 36.8 Å². The van der Waals surface area contributed by atoms with E-state index in [0.717, 1.165) is 17.7 Å². The molecule has 0 atom stereocenters. The van der Waals surface area contributed by atoms with Gasteiger partial charge in [0.05, 0.1) is 25.0 Å². The topological polar surface area (TPSA) is 79.4 Å². The van der Waals surface area contributed by atoms with Crippen LogP contribution in [0.25, 0.3) is 11.3 Å². The van der Waals surface area contributed by atoms with E-state index in [0.29, 0.717) is 23.7 Å². The second kappa shape index (κ2) is 8.71. The van der Waals surface area contributed by atoms with Crippen LogP contribution in [-0.2, 0) is 24.4 Å². The number of ether oxygens (including phenoxy) is 2. The van der Waals surface area contributed by atoms with E-state index >= 15 is 0 Å². The fourth-order valence-corrected chi connectivity index (χ4v) is 3.23. The normalized spacial score (nSPS) is 11.4. The van der Waals surface area contributed by atoms with Gasteiger partial charge in [0.2, 0.25) is 0 Å². The van der Waals surface area contributed by atoms with Crippen molar-refractivity contribution in [1.82, 2.24) is 9.55 Å². The molecule has 31 heavy (non-hydrogen) atoms. The molecule has 1 aromatic heterocycles. The number of alkyl halides is 3. The minimum Gasteiger partial charge on any atom is -0.497 e. The lowest BCUT2D eigenvalue weighted by molar-refractivity contribution is -0.137. The molecule has 0 unspecified atom stereocenters. The number of imidazole rings is 1. The molecule has 0 bridgehead atoms. The van der Waals surface area contributed by atoms with Crippen molar-refractivity contribution in [3.63, 3.8) is 0 Å². The molecule has 2 aromatic carbocycles. The van der Waals surface area contributed by atoms with E-state index < -0.39 is 17.7 Å². The molecule has 6 nitrogen and oxygen atoms in total. The maximum absolute atomic E-state index is 13.0. The molecule has 0 fully saturated rings. The molecule has 0 aliphatic carbocycles. The first kappa shape index (κ1) is 22.2. The number of methoxy groups -OCH3 is 1. The number of halogens is 3. The van der Waals surface area contributed by atoms with Gasteiger partial charge in [-0.1, -0.05) is 18.2 Å². The number of carbonyl (C=O) groups is 1. The smallest absolute Gasteiger partial charge is 0.416 e. The van der Waals surface area contributed by atoms with Gasteiger partial charge in [-0.2, -0.15) is 13.2 Å². The van der Waals surface area contributed by atoms with Crippen molar-refractivity contribution in [1.29, 1.82) is 0 Å². The lowest BCUT2D eigenvalue weighted by Crippen LogP contribution is -2.09. The van der Waals surface area contributed by atoms with Gasteiger partial charge in [0, 0.05) is 24.7 Å². The molecule has 0 spiro atoms. The van der Waals surface area contributed by atoms with Crippen LogP contribution in [0, 0.1) is 0 Å². The summed E-state index contributed by atoms with van der Waals surface area (Å²) in [6, 6.07) is 10.4. The Morgan fingerprint density at radius 2 is 1.84 bits per heavy atom. The molecule has 0 aliphatic rings. The van der Waals surface area contributed by atoms with Crippen LogP contribution < -0.4 is 10.5 Å². The number of benzene rings is 2. The van der Waals surface area contributed by atoms with Crippen molar-refractivity contribution in [3.8, 4) is 17.0 Å². The summed E-state index contributed by atoms with van der Waals surface area (Å²) in [5.41, 5.74) is 6.45. The number of nitrogen functional groups attached to an aromatic ring is 1. The molecule has 3 rings (SSSR count). The van der Waals surface area contributed by atoms with Gasteiger partial charge in [0.25, 0.3) is 0 Å². The van der Waals surface area contributed by atoms with Crippen molar-refractivity contribution >= 4 is 11.7 Å². The molecular weight excluding hydrogens is 411 g/mol.